The lowest BCUT2D eigenvalue weighted by Crippen LogP contribution is -2.10. The van der Waals surface area contributed by atoms with Gasteiger partial charge in [0, 0.05) is 22.0 Å². The van der Waals surface area contributed by atoms with E-state index < -0.39 is 11.7 Å². The largest absolute Gasteiger partial charge is 0.497 e. The normalized spacial score (nSPS) is 11.4. The van der Waals surface area contributed by atoms with Crippen molar-refractivity contribution in [3.05, 3.63) is 45.6 Å². The molecule has 0 unspecified atom stereocenters. The van der Waals surface area contributed by atoms with Crippen molar-refractivity contribution in [1.29, 1.82) is 0 Å². The third-order valence-corrected chi connectivity index (χ3v) is 3.78. The van der Waals surface area contributed by atoms with Crippen LogP contribution in [0.2, 0.25) is 0 Å². The lowest BCUT2D eigenvalue weighted by atomic mass is 10.1. The van der Waals surface area contributed by atoms with E-state index in [9.17, 15) is 13.2 Å². The van der Waals surface area contributed by atoms with E-state index in [1.807, 2.05) is 19.1 Å². The summed E-state index contributed by atoms with van der Waals surface area (Å²) in [4.78, 5) is 2.12. The third-order valence-electron chi connectivity index (χ3n) is 2.78. The summed E-state index contributed by atoms with van der Waals surface area (Å²) in [7, 11) is 1.34. The highest BCUT2D eigenvalue weighted by Gasteiger charge is 2.34. The second-order valence-corrected chi connectivity index (χ2v) is 5.65. The zero-order valence-electron chi connectivity index (χ0n) is 11.0. The highest BCUT2D eigenvalue weighted by atomic mass is 32.1. The summed E-state index contributed by atoms with van der Waals surface area (Å²) in [5.74, 6) is 0.190. The summed E-state index contributed by atoms with van der Waals surface area (Å²) < 4.78 is 43.9. The van der Waals surface area contributed by atoms with E-state index in [2.05, 4.69) is 5.32 Å². The molecule has 2 aromatic rings. The standard InChI is InChI=1S/C14H14F3NOS/c1-9-3-5-11(20-9)8-18-13-6-4-10(19-2)7-12(13)14(15,16)17/h3-7,18H,8H2,1-2H3. The van der Waals surface area contributed by atoms with E-state index in [-0.39, 0.29) is 11.4 Å². The lowest BCUT2D eigenvalue weighted by molar-refractivity contribution is -0.137. The molecule has 0 atom stereocenters. The monoisotopic (exact) mass is 301 g/mol. The Morgan fingerprint density at radius 1 is 1.20 bits per heavy atom. The first-order valence-electron chi connectivity index (χ1n) is 5.94. The summed E-state index contributed by atoms with van der Waals surface area (Å²) in [6.07, 6.45) is -4.41. The van der Waals surface area contributed by atoms with Gasteiger partial charge in [-0.05, 0) is 37.3 Å². The number of rotatable bonds is 4. The van der Waals surface area contributed by atoms with Crippen molar-refractivity contribution in [1.82, 2.24) is 0 Å². The first kappa shape index (κ1) is 14.7. The molecule has 0 aliphatic rings. The van der Waals surface area contributed by atoms with Crippen LogP contribution in [0, 0.1) is 6.92 Å². The number of nitrogens with one attached hydrogen (secondary N) is 1. The molecule has 0 saturated carbocycles. The van der Waals surface area contributed by atoms with Crippen LogP contribution in [-0.2, 0) is 12.7 Å². The van der Waals surface area contributed by atoms with Gasteiger partial charge in [0.05, 0.1) is 12.7 Å². The van der Waals surface area contributed by atoms with Crippen LogP contribution >= 0.6 is 11.3 Å². The van der Waals surface area contributed by atoms with Crippen molar-refractivity contribution >= 4 is 17.0 Å². The molecule has 0 saturated heterocycles. The van der Waals surface area contributed by atoms with Crippen molar-refractivity contribution in [2.24, 2.45) is 0 Å². The van der Waals surface area contributed by atoms with E-state index in [1.54, 1.807) is 11.3 Å². The van der Waals surface area contributed by atoms with Gasteiger partial charge in [0.2, 0.25) is 0 Å². The van der Waals surface area contributed by atoms with E-state index in [1.165, 1.54) is 19.2 Å². The summed E-state index contributed by atoms with van der Waals surface area (Å²) in [5, 5.41) is 2.84. The number of halogens is 3. The SMILES string of the molecule is COc1ccc(NCc2ccc(C)s2)c(C(F)(F)F)c1. The lowest BCUT2D eigenvalue weighted by Gasteiger charge is -2.15. The number of hydrogen-bond donors (Lipinski definition) is 1. The summed E-state index contributed by atoms with van der Waals surface area (Å²) in [6.45, 7) is 2.33. The third kappa shape index (κ3) is 3.45. The maximum Gasteiger partial charge on any atom is 0.418 e. The number of anilines is 1. The predicted molar refractivity (Wildman–Crippen MR) is 74.4 cm³/mol. The van der Waals surface area contributed by atoms with Crippen LogP contribution < -0.4 is 10.1 Å². The van der Waals surface area contributed by atoms with Gasteiger partial charge in [-0.2, -0.15) is 13.2 Å². The second kappa shape index (κ2) is 5.75. The van der Waals surface area contributed by atoms with Crippen LogP contribution in [-0.4, -0.2) is 7.11 Å². The fourth-order valence-electron chi connectivity index (χ4n) is 1.80. The first-order chi connectivity index (χ1) is 9.40. The maximum absolute atomic E-state index is 13.0. The molecule has 0 aliphatic heterocycles. The van der Waals surface area contributed by atoms with Gasteiger partial charge < -0.3 is 10.1 Å². The maximum atomic E-state index is 13.0. The minimum atomic E-state index is -4.41. The molecule has 1 N–H and O–H groups in total. The van der Waals surface area contributed by atoms with Gasteiger partial charge in [0.1, 0.15) is 5.75 Å². The fraction of sp³-hybridized carbons (Fsp3) is 0.286. The smallest absolute Gasteiger partial charge is 0.418 e. The average molecular weight is 301 g/mol. The van der Waals surface area contributed by atoms with Crippen LogP contribution in [0.3, 0.4) is 0 Å². The molecule has 0 bridgehead atoms. The van der Waals surface area contributed by atoms with Gasteiger partial charge >= 0.3 is 6.18 Å². The topological polar surface area (TPSA) is 21.3 Å². The Morgan fingerprint density at radius 3 is 2.50 bits per heavy atom. The molecule has 20 heavy (non-hydrogen) atoms. The summed E-state index contributed by atoms with van der Waals surface area (Å²) >= 11 is 1.56. The summed E-state index contributed by atoms with van der Waals surface area (Å²) in [5.41, 5.74) is -0.658. The average Bonchev–Trinajstić information content (AvgIpc) is 2.81. The molecule has 1 aromatic carbocycles. The summed E-state index contributed by atoms with van der Waals surface area (Å²) in [6, 6.07) is 7.76. The molecule has 2 rings (SSSR count). The minimum Gasteiger partial charge on any atom is -0.497 e. The van der Waals surface area contributed by atoms with Crippen LogP contribution in [0.5, 0.6) is 5.75 Å². The Hall–Kier alpha value is -1.69. The fourth-order valence-corrected chi connectivity index (χ4v) is 2.63. The highest BCUT2D eigenvalue weighted by molar-refractivity contribution is 7.11. The Balaban J connectivity index is 2.22. The Morgan fingerprint density at radius 2 is 1.95 bits per heavy atom. The zero-order valence-corrected chi connectivity index (χ0v) is 11.9. The number of ether oxygens (including phenoxy) is 1. The number of alkyl halides is 3. The molecule has 1 aromatic heterocycles. The van der Waals surface area contributed by atoms with Crippen molar-refractivity contribution in [2.45, 2.75) is 19.6 Å². The van der Waals surface area contributed by atoms with Gasteiger partial charge in [0.25, 0.3) is 0 Å². The van der Waals surface area contributed by atoms with Crippen molar-refractivity contribution in [3.8, 4) is 5.75 Å². The Labute approximate surface area is 119 Å². The molecule has 2 nitrogen and oxygen atoms in total. The molecule has 6 heteroatoms. The molecular weight excluding hydrogens is 287 g/mol. The van der Waals surface area contributed by atoms with Crippen LogP contribution in [0.1, 0.15) is 15.3 Å². The highest BCUT2D eigenvalue weighted by Crippen LogP contribution is 2.37. The molecular formula is C14H14F3NOS. The second-order valence-electron chi connectivity index (χ2n) is 4.28. The van der Waals surface area contributed by atoms with Gasteiger partial charge in [-0.3, -0.25) is 0 Å². The van der Waals surface area contributed by atoms with Crippen LogP contribution in [0.4, 0.5) is 18.9 Å². The number of thiophene rings is 1. The molecule has 0 fully saturated rings. The van der Waals surface area contributed by atoms with Gasteiger partial charge in [-0.25, -0.2) is 0 Å². The number of hydrogen-bond acceptors (Lipinski definition) is 3. The number of methoxy groups -OCH3 is 1. The van der Waals surface area contributed by atoms with Gasteiger partial charge in [-0.15, -0.1) is 11.3 Å². The first-order valence-corrected chi connectivity index (χ1v) is 6.76. The Kier molecular flexibility index (Phi) is 4.23. The molecule has 0 amide bonds. The van der Waals surface area contributed by atoms with Crippen LogP contribution in [0.25, 0.3) is 0 Å². The van der Waals surface area contributed by atoms with Crippen LogP contribution in [0.15, 0.2) is 30.3 Å². The van der Waals surface area contributed by atoms with E-state index in [0.29, 0.717) is 6.54 Å². The van der Waals surface area contributed by atoms with Crippen molar-refractivity contribution in [3.63, 3.8) is 0 Å². The van der Waals surface area contributed by atoms with Crippen molar-refractivity contribution < 1.29 is 17.9 Å². The number of aryl methyl sites for hydroxylation is 1. The number of benzene rings is 1. The quantitative estimate of drug-likeness (QED) is 0.884. The van der Waals surface area contributed by atoms with E-state index in [4.69, 9.17) is 4.74 Å². The minimum absolute atomic E-state index is 0.0596. The molecule has 0 spiro atoms. The predicted octanol–water partition coefficient (Wildman–Crippen LogP) is 4.70. The van der Waals surface area contributed by atoms with E-state index in [0.717, 1.165) is 15.8 Å². The van der Waals surface area contributed by atoms with Gasteiger partial charge in [-0.1, -0.05) is 0 Å². The van der Waals surface area contributed by atoms with E-state index >= 15 is 0 Å². The molecule has 108 valence electrons. The molecule has 1 heterocycles. The van der Waals surface area contributed by atoms with Gasteiger partial charge in [0.15, 0.2) is 0 Å². The Bertz CT molecular complexity index is 592. The molecule has 0 radical (unpaired) electrons. The molecule has 0 aliphatic carbocycles. The van der Waals surface area contributed by atoms with Crippen molar-refractivity contribution in [2.75, 3.05) is 12.4 Å². The zero-order chi connectivity index (χ0) is 14.8.